The average molecular weight is 247 g/mol. The summed E-state index contributed by atoms with van der Waals surface area (Å²) in [5, 5.41) is 11.8. The Balaban J connectivity index is 2.41. The number of hydrogen-bond acceptors (Lipinski definition) is 4. The highest BCUT2D eigenvalue weighted by atomic mass is 32.2. The van der Waals surface area contributed by atoms with Crippen molar-refractivity contribution in [2.45, 2.75) is 6.54 Å². The van der Waals surface area contributed by atoms with Crippen molar-refractivity contribution in [1.29, 1.82) is 0 Å². The Kier molecular flexibility index (Phi) is 4.26. The molecule has 90 valence electrons. The maximum absolute atomic E-state index is 12.9. The first-order chi connectivity index (χ1) is 7.38. The summed E-state index contributed by atoms with van der Waals surface area (Å²) in [4.78, 5) is 0. The molecule has 1 rings (SSSR count). The Morgan fingerprint density at radius 2 is 2.12 bits per heavy atom. The molecule has 0 aromatic heterocycles. The highest BCUT2D eigenvalue weighted by molar-refractivity contribution is 7.90. The maximum atomic E-state index is 12.9. The monoisotopic (exact) mass is 247 g/mol. The maximum Gasteiger partial charge on any atom is 0.165 e. The smallest absolute Gasteiger partial charge is 0.165 e. The topological polar surface area (TPSA) is 66.4 Å². The van der Waals surface area contributed by atoms with Gasteiger partial charge in [-0.05, 0) is 17.7 Å². The molecule has 4 nitrogen and oxygen atoms in total. The molecule has 0 amide bonds. The lowest BCUT2D eigenvalue weighted by atomic mass is 10.2. The van der Waals surface area contributed by atoms with Gasteiger partial charge in [-0.3, -0.25) is 0 Å². The number of aromatic hydroxyl groups is 1. The Bertz CT molecular complexity index is 459. The van der Waals surface area contributed by atoms with Crippen molar-refractivity contribution >= 4 is 9.84 Å². The fraction of sp³-hybridized carbons (Fsp3) is 0.400. The molecule has 0 heterocycles. The molecule has 0 aliphatic heterocycles. The Morgan fingerprint density at radius 1 is 1.44 bits per heavy atom. The zero-order chi connectivity index (χ0) is 12.2. The van der Waals surface area contributed by atoms with Gasteiger partial charge in [0.05, 0.1) is 5.75 Å². The molecule has 0 saturated heterocycles. The molecule has 0 unspecified atom stereocenters. The summed E-state index contributed by atoms with van der Waals surface area (Å²) < 4.78 is 34.5. The number of phenols is 1. The van der Waals surface area contributed by atoms with Crippen LogP contribution in [0.5, 0.6) is 5.75 Å². The van der Waals surface area contributed by atoms with E-state index in [1.807, 2.05) is 0 Å². The van der Waals surface area contributed by atoms with Crippen LogP contribution in [-0.4, -0.2) is 32.1 Å². The summed E-state index contributed by atoms with van der Waals surface area (Å²) in [6.45, 7) is 0.689. The summed E-state index contributed by atoms with van der Waals surface area (Å²) >= 11 is 0. The molecular weight excluding hydrogens is 233 g/mol. The molecule has 1 aromatic rings. The van der Waals surface area contributed by atoms with Gasteiger partial charge in [0.15, 0.2) is 11.6 Å². The van der Waals surface area contributed by atoms with E-state index >= 15 is 0 Å². The van der Waals surface area contributed by atoms with Crippen molar-refractivity contribution in [2.75, 3.05) is 18.6 Å². The molecule has 0 aliphatic carbocycles. The van der Waals surface area contributed by atoms with Gasteiger partial charge in [0.2, 0.25) is 0 Å². The van der Waals surface area contributed by atoms with E-state index in [0.29, 0.717) is 18.7 Å². The van der Waals surface area contributed by atoms with Crippen LogP contribution in [0.2, 0.25) is 0 Å². The van der Waals surface area contributed by atoms with Crippen LogP contribution in [0.15, 0.2) is 18.2 Å². The molecule has 0 fully saturated rings. The first-order valence-corrected chi connectivity index (χ1v) is 6.80. The minimum absolute atomic E-state index is 0.0492. The van der Waals surface area contributed by atoms with Crippen LogP contribution >= 0.6 is 0 Å². The fourth-order valence-electron chi connectivity index (χ4n) is 1.15. The van der Waals surface area contributed by atoms with Crippen LogP contribution in [0.4, 0.5) is 4.39 Å². The molecule has 0 atom stereocenters. The van der Waals surface area contributed by atoms with Gasteiger partial charge in [0, 0.05) is 19.3 Å². The van der Waals surface area contributed by atoms with E-state index < -0.39 is 15.7 Å². The Hall–Kier alpha value is -1.14. The first-order valence-electron chi connectivity index (χ1n) is 4.74. The molecule has 6 heteroatoms. The van der Waals surface area contributed by atoms with Crippen molar-refractivity contribution in [1.82, 2.24) is 5.32 Å². The first kappa shape index (κ1) is 12.9. The van der Waals surface area contributed by atoms with Gasteiger partial charge < -0.3 is 10.4 Å². The van der Waals surface area contributed by atoms with E-state index in [1.165, 1.54) is 12.1 Å². The van der Waals surface area contributed by atoms with Gasteiger partial charge in [0.1, 0.15) is 9.84 Å². The minimum atomic E-state index is -2.97. The van der Waals surface area contributed by atoms with Crippen molar-refractivity contribution in [3.8, 4) is 5.75 Å². The third kappa shape index (κ3) is 4.59. The van der Waals surface area contributed by atoms with Gasteiger partial charge in [-0.2, -0.15) is 0 Å². The summed E-state index contributed by atoms with van der Waals surface area (Å²) in [6.07, 6.45) is 1.16. The van der Waals surface area contributed by atoms with Gasteiger partial charge in [-0.1, -0.05) is 6.07 Å². The number of halogens is 1. The normalized spacial score (nSPS) is 11.6. The zero-order valence-electron chi connectivity index (χ0n) is 8.90. The molecule has 0 radical (unpaired) electrons. The van der Waals surface area contributed by atoms with Crippen molar-refractivity contribution in [3.05, 3.63) is 29.6 Å². The molecule has 2 N–H and O–H groups in total. The van der Waals surface area contributed by atoms with E-state index in [1.54, 1.807) is 6.07 Å². The second-order valence-corrected chi connectivity index (χ2v) is 5.85. The van der Waals surface area contributed by atoms with Gasteiger partial charge in [-0.15, -0.1) is 0 Å². The number of rotatable bonds is 5. The number of phenolic OH excluding ortho intramolecular Hbond substituents is 1. The summed E-state index contributed by atoms with van der Waals surface area (Å²) in [6, 6.07) is 4.05. The van der Waals surface area contributed by atoms with E-state index in [0.717, 1.165) is 6.26 Å². The van der Waals surface area contributed by atoms with Crippen molar-refractivity contribution < 1.29 is 17.9 Å². The second-order valence-electron chi connectivity index (χ2n) is 3.59. The largest absolute Gasteiger partial charge is 0.505 e. The number of nitrogens with one attached hydrogen (secondary N) is 1. The Labute approximate surface area is 94.0 Å². The van der Waals surface area contributed by atoms with Crippen molar-refractivity contribution in [3.63, 3.8) is 0 Å². The Morgan fingerprint density at radius 3 is 2.69 bits per heavy atom. The number of sulfone groups is 1. The highest BCUT2D eigenvalue weighted by Crippen LogP contribution is 2.15. The molecule has 0 aliphatic rings. The predicted octanol–water partition coefficient (Wildman–Crippen LogP) is 0.665. The third-order valence-corrected chi connectivity index (χ3v) is 2.94. The van der Waals surface area contributed by atoms with Gasteiger partial charge in [-0.25, -0.2) is 12.8 Å². The molecule has 0 spiro atoms. The summed E-state index contributed by atoms with van der Waals surface area (Å²) in [7, 11) is -2.97. The third-order valence-electron chi connectivity index (χ3n) is 1.99. The van der Waals surface area contributed by atoms with Crippen LogP contribution in [-0.2, 0) is 16.4 Å². The molecule has 16 heavy (non-hydrogen) atoms. The lowest BCUT2D eigenvalue weighted by Gasteiger charge is -2.04. The zero-order valence-corrected chi connectivity index (χ0v) is 9.72. The summed E-state index contributed by atoms with van der Waals surface area (Å²) in [5.41, 5.74) is 0.656. The predicted molar refractivity (Wildman–Crippen MR) is 59.5 cm³/mol. The van der Waals surface area contributed by atoms with E-state index in [4.69, 9.17) is 5.11 Å². The van der Waals surface area contributed by atoms with E-state index in [-0.39, 0.29) is 11.5 Å². The fourth-order valence-corrected chi connectivity index (χ4v) is 1.67. The standard InChI is InChI=1S/C10H14FNO3S/c1-16(14,15)5-4-12-7-8-2-3-10(13)9(11)6-8/h2-3,6,12-13H,4-5,7H2,1H3. The van der Waals surface area contributed by atoms with Gasteiger partial charge in [0.25, 0.3) is 0 Å². The molecule has 0 bridgehead atoms. The quantitative estimate of drug-likeness (QED) is 0.750. The SMILES string of the molecule is CS(=O)(=O)CCNCc1ccc(O)c(F)c1. The van der Waals surface area contributed by atoms with E-state index in [9.17, 15) is 12.8 Å². The van der Waals surface area contributed by atoms with Crippen LogP contribution < -0.4 is 5.32 Å². The molecular formula is C10H14FNO3S. The van der Waals surface area contributed by atoms with Crippen LogP contribution in [0.25, 0.3) is 0 Å². The molecule has 1 aromatic carbocycles. The second kappa shape index (κ2) is 5.27. The van der Waals surface area contributed by atoms with Crippen LogP contribution in [0.3, 0.4) is 0 Å². The molecule has 0 saturated carbocycles. The number of benzene rings is 1. The highest BCUT2D eigenvalue weighted by Gasteiger charge is 2.03. The van der Waals surface area contributed by atoms with Crippen molar-refractivity contribution in [2.24, 2.45) is 0 Å². The average Bonchev–Trinajstić information content (AvgIpc) is 2.17. The van der Waals surface area contributed by atoms with E-state index in [2.05, 4.69) is 5.32 Å². The lowest BCUT2D eigenvalue weighted by Crippen LogP contribution is -2.21. The minimum Gasteiger partial charge on any atom is -0.505 e. The van der Waals surface area contributed by atoms with Crippen LogP contribution in [0.1, 0.15) is 5.56 Å². The number of hydrogen-bond donors (Lipinski definition) is 2. The van der Waals surface area contributed by atoms with Gasteiger partial charge >= 0.3 is 0 Å². The van der Waals surface area contributed by atoms with Crippen LogP contribution in [0, 0.1) is 5.82 Å². The lowest BCUT2D eigenvalue weighted by molar-refractivity contribution is 0.431. The summed E-state index contributed by atoms with van der Waals surface area (Å²) in [5.74, 6) is -1.02.